The van der Waals surface area contributed by atoms with Crippen LogP contribution in [0.1, 0.15) is 22.9 Å². The summed E-state index contributed by atoms with van der Waals surface area (Å²) in [5.74, 6) is 1.79. The van der Waals surface area contributed by atoms with Crippen molar-refractivity contribution >= 4 is 11.3 Å². The Hall–Kier alpha value is -3.26. The van der Waals surface area contributed by atoms with E-state index < -0.39 is 0 Å². The topological polar surface area (TPSA) is 76.2 Å². The van der Waals surface area contributed by atoms with Gasteiger partial charge in [-0.25, -0.2) is 9.97 Å². The van der Waals surface area contributed by atoms with Gasteiger partial charge >= 0.3 is 0 Å². The van der Waals surface area contributed by atoms with Gasteiger partial charge in [-0.3, -0.25) is 14.6 Å². The Kier molecular flexibility index (Phi) is 4.25. The van der Waals surface area contributed by atoms with Crippen molar-refractivity contribution in [3.05, 3.63) is 72.0 Å². The molecule has 5 rings (SSSR count). The highest BCUT2D eigenvalue weighted by Crippen LogP contribution is 2.19. The normalized spacial score (nSPS) is 14.3. The number of aromatic nitrogens is 6. The van der Waals surface area contributed by atoms with Gasteiger partial charge in [0, 0.05) is 38.2 Å². The molecule has 8 heteroatoms. The van der Waals surface area contributed by atoms with Crippen molar-refractivity contribution in [2.45, 2.75) is 33.1 Å². The molecule has 0 bridgehead atoms. The fourth-order valence-corrected chi connectivity index (χ4v) is 3.77. The van der Waals surface area contributed by atoms with Crippen LogP contribution in [0, 0.1) is 6.92 Å². The molecule has 28 heavy (non-hydrogen) atoms. The van der Waals surface area contributed by atoms with E-state index in [2.05, 4.69) is 60.6 Å². The first-order valence-corrected chi connectivity index (χ1v) is 9.47. The summed E-state index contributed by atoms with van der Waals surface area (Å²) in [5, 5.41) is 7.99. The van der Waals surface area contributed by atoms with Gasteiger partial charge in [-0.15, -0.1) is 0 Å². The minimum absolute atomic E-state index is 0.642. The van der Waals surface area contributed by atoms with Gasteiger partial charge in [0.2, 0.25) is 0 Å². The molecule has 0 saturated carbocycles. The van der Waals surface area contributed by atoms with E-state index in [4.69, 9.17) is 10.1 Å². The smallest absolute Gasteiger partial charge is 0.144 e. The third kappa shape index (κ3) is 3.22. The number of nitrogens with zero attached hydrogens (tertiary/aromatic N) is 7. The Morgan fingerprint density at radius 2 is 2.14 bits per heavy atom. The van der Waals surface area contributed by atoms with E-state index in [9.17, 15) is 0 Å². The number of imidazole rings is 1. The van der Waals surface area contributed by atoms with Gasteiger partial charge in [-0.2, -0.15) is 5.10 Å². The fraction of sp³-hybridized carbons (Fsp3) is 0.300. The molecule has 1 aliphatic rings. The number of pyridine rings is 1. The van der Waals surface area contributed by atoms with Crippen molar-refractivity contribution in [3.8, 4) is 0 Å². The molecule has 142 valence electrons. The highest BCUT2D eigenvalue weighted by atomic mass is 15.3. The minimum atomic E-state index is 0.642. The number of aryl methyl sites for hydroxylation is 1. The Labute approximate surface area is 162 Å². The number of hydrogen-bond acceptors (Lipinski definition) is 6. The molecular weight excluding hydrogens is 352 g/mol. The van der Waals surface area contributed by atoms with E-state index in [0.29, 0.717) is 6.54 Å². The van der Waals surface area contributed by atoms with Gasteiger partial charge in [0.15, 0.2) is 0 Å². The summed E-state index contributed by atoms with van der Waals surface area (Å²) in [6, 6.07) is 8.43. The van der Waals surface area contributed by atoms with Gasteiger partial charge in [-0.05, 0) is 25.1 Å². The van der Waals surface area contributed by atoms with Crippen molar-refractivity contribution in [3.63, 3.8) is 0 Å². The average Bonchev–Trinajstić information content (AvgIpc) is 3.28. The van der Waals surface area contributed by atoms with Crippen LogP contribution in [0.25, 0.3) is 5.52 Å². The first-order chi connectivity index (χ1) is 13.8. The van der Waals surface area contributed by atoms with Crippen molar-refractivity contribution in [2.24, 2.45) is 0 Å². The summed E-state index contributed by atoms with van der Waals surface area (Å²) in [7, 11) is 0. The van der Waals surface area contributed by atoms with Crippen LogP contribution >= 0.6 is 0 Å². The van der Waals surface area contributed by atoms with E-state index in [1.807, 2.05) is 6.07 Å². The van der Waals surface area contributed by atoms with Crippen molar-refractivity contribution < 1.29 is 0 Å². The molecule has 0 fully saturated rings. The Bertz CT molecular complexity index is 1100. The first kappa shape index (κ1) is 16.9. The summed E-state index contributed by atoms with van der Waals surface area (Å²) < 4.78 is 4.26. The molecule has 4 aromatic heterocycles. The molecule has 4 aromatic rings. The molecule has 1 aliphatic heterocycles. The lowest BCUT2D eigenvalue weighted by molar-refractivity contribution is 0.204. The van der Waals surface area contributed by atoms with Gasteiger partial charge < -0.3 is 9.72 Å². The van der Waals surface area contributed by atoms with E-state index >= 15 is 0 Å². The maximum atomic E-state index is 4.78. The Balaban J connectivity index is 1.28. The second-order valence-corrected chi connectivity index (χ2v) is 7.07. The molecule has 0 amide bonds. The van der Waals surface area contributed by atoms with Crippen LogP contribution in [0.4, 0.5) is 5.82 Å². The predicted octanol–water partition coefficient (Wildman–Crippen LogP) is 2.26. The molecule has 0 aliphatic carbocycles. The molecule has 0 aromatic carbocycles. The van der Waals surface area contributed by atoms with E-state index in [1.54, 1.807) is 18.6 Å². The monoisotopic (exact) mass is 374 g/mol. The lowest BCUT2D eigenvalue weighted by Crippen LogP contribution is -2.33. The summed E-state index contributed by atoms with van der Waals surface area (Å²) in [5.41, 5.74) is 4.58. The Morgan fingerprint density at radius 3 is 3.04 bits per heavy atom. The largest absolute Gasteiger partial charge is 0.363 e. The van der Waals surface area contributed by atoms with Gasteiger partial charge in [0.1, 0.15) is 11.6 Å². The minimum Gasteiger partial charge on any atom is -0.363 e. The number of rotatable bonds is 5. The Morgan fingerprint density at radius 1 is 1.18 bits per heavy atom. The summed E-state index contributed by atoms with van der Waals surface area (Å²) >= 11 is 0. The molecule has 0 atom stereocenters. The van der Waals surface area contributed by atoms with Crippen LogP contribution < -0.4 is 5.32 Å². The van der Waals surface area contributed by atoms with Crippen LogP contribution in [-0.4, -0.2) is 40.6 Å². The fourth-order valence-electron chi connectivity index (χ4n) is 3.77. The molecule has 1 N–H and O–H groups in total. The second-order valence-electron chi connectivity index (χ2n) is 7.07. The summed E-state index contributed by atoms with van der Waals surface area (Å²) in [4.78, 5) is 15.5. The molecule has 5 heterocycles. The first-order valence-electron chi connectivity index (χ1n) is 9.47. The number of anilines is 1. The maximum absolute atomic E-state index is 4.78. The summed E-state index contributed by atoms with van der Waals surface area (Å²) in [6.07, 6.45) is 7.14. The lowest BCUT2D eigenvalue weighted by Gasteiger charge is -2.26. The SMILES string of the molecule is Cc1nc(CN2CCn3nc(CNc4cnccn4)cc3C2)c2ccccn12. The van der Waals surface area contributed by atoms with Crippen LogP contribution in [0.2, 0.25) is 0 Å². The standard InChI is InChI=1S/C20H22N8/c1-15-24-18(19-4-2-3-7-27(15)19)14-26-8-9-28-17(13-26)10-16(25-28)11-23-20-12-21-5-6-22-20/h2-7,10,12H,8-9,11,13-14H2,1H3,(H,22,23). The van der Waals surface area contributed by atoms with E-state index in [-0.39, 0.29) is 0 Å². The number of hydrogen-bond donors (Lipinski definition) is 1. The molecule has 0 saturated heterocycles. The third-order valence-electron chi connectivity index (χ3n) is 5.12. The molecule has 8 nitrogen and oxygen atoms in total. The average molecular weight is 374 g/mol. The number of fused-ring (bicyclic) bond motifs is 2. The second kappa shape index (κ2) is 7.05. The zero-order chi connectivity index (χ0) is 18.9. The molecule has 0 unspecified atom stereocenters. The van der Waals surface area contributed by atoms with Crippen LogP contribution in [-0.2, 0) is 26.2 Å². The maximum Gasteiger partial charge on any atom is 0.144 e. The van der Waals surface area contributed by atoms with Crippen LogP contribution in [0.3, 0.4) is 0 Å². The number of nitrogens with one attached hydrogen (secondary N) is 1. The van der Waals surface area contributed by atoms with Gasteiger partial charge in [0.25, 0.3) is 0 Å². The highest BCUT2D eigenvalue weighted by molar-refractivity contribution is 5.53. The van der Waals surface area contributed by atoms with Gasteiger partial charge in [-0.1, -0.05) is 6.07 Å². The quantitative estimate of drug-likeness (QED) is 0.577. The van der Waals surface area contributed by atoms with Crippen molar-refractivity contribution in [2.75, 3.05) is 11.9 Å². The van der Waals surface area contributed by atoms with Gasteiger partial charge in [0.05, 0.1) is 41.9 Å². The van der Waals surface area contributed by atoms with Crippen LogP contribution in [0.5, 0.6) is 0 Å². The predicted molar refractivity (Wildman–Crippen MR) is 106 cm³/mol. The zero-order valence-corrected chi connectivity index (χ0v) is 15.8. The zero-order valence-electron chi connectivity index (χ0n) is 15.8. The summed E-state index contributed by atoms with van der Waals surface area (Å²) in [6.45, 7) is 6.28. The van der Waals surface area contributed by atoms with E-state index in [0.717, 1.165) is 49.2 Å². The molecule has 0 spiro atoms. The highest BCUT2D eigenvalue weighted by Gasteiger charge is 2.20. The third-order valence-corrected chi connectivity index (χ3v) is 5.12. The van der Waals surface area contributed by atoms with Crippen LogP contribution in [0.15, 0.2) is 49.1 Å². The lowest BCUT2D eigenvalue weighted by atomic mass is 10.2. The van der Waals surface area contributed by atoms with Crippen molar-refractivity contribution in [1.29, 1.82) is 0 Å². The van der Waals surface area contributed by atoms with E-state index in [1.165, 1.54) is 11.2 Å². The van der Waals surface area contributed by atoms with Crippen molar-refractivity contribution in [1.82, 2.24) is 34.0 Å². The molecule has 0 radical (unpaired) electrons. The molecular formula is C20H22N8.